The highest BCUT2D eigenvalue weighted by atomic mass is 16.6. The molecule has 0 fully saturated rings. The summed E-state index contributed by atoms with van der Waals surface area (Å²) in [6.07, 6.45) is 2.48. The molecule has 2 aromatic rings. The number of hydrogen-bond acceptors (Lipinski definition) is 6. The standard InChI is InChI=1S/C11H8O6/c1-14-10(12)7-5-9(16-6-7)17-11(13)8-3-2-4-15-8/h2-6H,1H3. The van der Waals surface area contributed by atoms with Crippen LogP contribution in [-0.4, -0.2) is 19.0 Å². The summed E-state index contributed by atoms with van der Waals surface area (Å²) in [7, 11) is 1.24. The number of rotatable bonds is 3. The zero-order valence-corrected chi connectivity index (χ0v) is 8.84. The number of esters is 2. The van der Waals surface area contributed by atoms with Crippen molar-refractivity contribution in [1.29, 1.82) is 0 Å². The van der Waals surface area contributed by atoms with Gasteiger partial charge in [-0.2, -0.15) is 0 Å². The Morgan fingerprint density at radius 3 is 2.71 bits per heavy atom. The monoisotopic (exact) mass is 236 g/mol. The van der Waals surface area contributed by atoms with E-state index in [2.05, 4.69) is 4.74 Å². The minimum atomic E-state index is -0.708. The topological polar surface area (TPSA) is 78.9 Å². The summed E-state index contributed by atoms with van der Waals surface area (Å²) in [6.45, 7) is 0. The van der Waals surface area contributed by atoms with Crippen molar-refractivity contribution in [3.05, 3.63) is 42.0 Å². The van der Waals surface area contributed by atoms with Gasteiger partial charge in [-0.05, 0) is 12.1 Å². The molecular formula is C11H8O6. The van der Waals surface area contributed by atoms with E-state index in [0.29, 0.717) is 0 Å². The molecule has 0 radical (unpaired) electrons. The molecule has 0 aliphatic rings. The maximum absolute atomic E-state index is 11.4. The second-order valence-corrected chi connectivity index (χ2v) is 3.01. The van der Waals surface area contributed by atoms with Crippen LogP contribution < -0.4 is 4.74 Å². The molecule has 6 heteroatoms. The molecule has 88 valence electrons. The van der Waals surface area contributed by atoms with Crippen molar-refractivity contribution in [2.75, 3.05) is 7.11 Å². The van der Waals surface area contributed by atoms with Gasteiger partial charge in [-0.25, -0.2) is 9.59 Å². The number of ether oxygens (including phenoxy) is 2. The van der Waals surface area contributed by atoms with Crippen molar-refractivity contribution in [2.45, 2.75) is 0 Å². The summed E-state index contributed by atoms with van der Waals surface area (Å²) >= 11 is 0. The Bertz CT molecular complexity index is 522. The van der Waals surface area contributed by atoms with Gasteiger partial charge >= 0.3 is 11.9 Å². The fourth-order valence-electron chi connectivity index (χ4n) is 1.13. The quantitative estimate of drug-likeness (QED) is 0.757. The van der Waals surface area contributed by atoms with Crippen LogP contribution in [0.2, 0.25) is 0 Å². The number of furan rings is 2. The number of carbonyl (C=O) groups excluding carboxylic acids is 2. The Morgan fingerprint density at radius 2 is 2.06 bits per heavy atom. The largest absolute Gasteiger partial charge is 0.465 e. The predicted molar refractivity (Wildman–Crippen MR) is 53.7 cm³/mol. The first-order valence-corrected chi connectivity index (χ1v) is 4.63. The van der Waals surface area contributed by atoms with Crippen molar-refractivity contribution >= 4 is 11.9 Å². The lowest BCUT2D eigenvalue weighted by atomic mass is 10.3. The molecular weight excluding hydrogens is 228 g/mol. The third-order valence-corrected chi connectivity index (χ3v) is 1.91. The third-order valence-electron chi connectivity index (χ3n) is 1.91. The summed E-state index contributed by atoms with van der Waals surface area (Å²) in [5.41, 5.74) is 0.162. The van der Waals surface area contributed by atoms with Crippen LogP contribution in [0.3, 0.4) is 0 Å². The normalized spacial score (nSPS) is 9.94. The van der Waals surface area contributed by atoms with Crippen molar-refractivity contribution in [2.24, 2.45) is 0 Å². The van der Waals surface area contributed by atoms with Crippen LogP contribution in [0, 0.1) is 0 Å². The maximum atomic E-state index is 11.4. The van der Waals surface area contributed by atoms with Crippen molar-refractivity contribution in [3.8, 4) is 5.95 Å². The van der Waals surface area contributed by atoms with Crippen molar-refractivity contribution in [3.63, 3.8) is 0 Å². The van der Waals surface area contributed by atoms with Gasteiger partial charge in [0.1, 0.15) is 11.8 Å². The average molecular weight is 236 g/mol. The highest BCUT2D eigenvalue weighted by molar-refractivity contribution is 5.90. The van der Waals surface area contributed by atoms with E-state index >= 15 is 0 Å². The number of carbonyl (C=O) groups is 2. The van der Waals surface area contributed by atoms with Crippen LogP contribution in [0.5, 0.6) is 5.95 Å². The molecule has 6 nitrogen and oxygen atoms in total. The second-order valence-electron chi connectivity index (χ2n) is 3.01. The SMILES string of the molecule is COC(=O)c1coc(OC(=O)c2ccco2)c1. The molecule has 0 atom stereocenters. The smallest absolute Gasteiger partial charge is 0.381 e. The van der Waals surface area contributed by atoms with Crippen LogP contribution in [0.4, 0.5) is 0 Å². The summed E-state index contributed by atoms with van der Waals surface area (Å²) in [5, 5.41) is 0. The van der Waals surface area contributed by atoms with Gasteiger partial charge in [-0.3, -0.25) is 0 Å². The van der Waals surface area contributed by atoms with Crippen molar-refractivity contribution < 1.29 is 27.9 Å². The Hall–Kier alpha value is -2.50. The van der Waals surface area contributed by atoms with Gasteiger partial charge in [0.15, 0.2) is 0 Å². The van der Waals surface area contributed by atoms with Gasteiger partial charge in [0.2, 0.25) is 5.76 Å². The molecule has 2 heterocycles. The lowest BCUT2D eigenvalue weighted by Gasteiger charge is -1.95. The molecule has 17 heavy (non-hydrogen) atoms. The molecule has 0 amide bonds. The van der Waals surface area contributed by atoms with E-state index in [0.717, 1.165) is 6.26 Å². The first-order chi connectivity index (χ1) is 8.20. The fraction of sp³-hybridized carbons (Fsp3) is 0.0909. The summed E-state index contributed by atoms with van der Waals surface area (Å²) < 4.78 is 19.0. The Balaban J connectivity index is 2.07. The summed E-state index contributed by atoms with van der Waals surface area (Å²) in [5.74, 6) is -1.34. The van der Waals surface area contributed by atoms with Crippen LogP contribution >= 0.6 is 0 Å². The molecule has 0 bridgehead atoms. The van der Waals surface area contributed by atoms with E-state index in [1.807, 2.05) is 0 Å². The highest BCUT2D eigenvalue weighted by Gasteiger charge is 2.16. The minimum absolute atomic E-state index is 0.0426. The second kappa shape index (κ2) is 4.56. The van der Waals surface area contributed by atoms with Crippen molar-refractivity contribution in [1.82, 2.24) is 0 Å². The molecule has 0 saturated heterocycles. The molecule has 0 aromatic carbocycles. The highest BCUT2D eigenvalue weighted by Crippen LogP contribution is 2.18. The number of hydrogen-bond donors (Lipinski definition) is 0. The molecule has 2 aromatic heterocycles. The van der Waals surface area contributed by atoms with E-state index < -0.39 is 11.9 Å². The summed E-state index contributed by atoms with van der Waals surface area (Å²) in [4.78, 5) is 22.5. The van der Waals surface area contributed by atoms with Gasteiger partial charge in [-0.1, -0.05) is 0 Å². The lowest BCUT2D eigenvalue weighted by Crippen LogP contribution is -2.06. The van der Waals surface area contributed by atoms with Gasteiger partial charge in [0.05, 0.1) is 13.4 Å². The van der Waals surface area contributed by atoms with E-state index in [9.17, 15) is 9.59 Å². The molecule has 0 saturated carbocycles. The van der Waals surface area contributed by atoms with E-state index in [4.69, 9.17) is 13.6 Å². The molecule has 0 unspecified atom stereocenters. The van der Waals surface area contributed by atoms with Gasteiger partial charge in [-0.15, -0.1) is 0 Å². The van der Waals surface area contributed by atoms with Crippen LogP contribution in [0.15, 0.2) is 39.6 Å². The van der Waals surface area contributed by atoms with Crippen LogP contribution in [-0.2, 0) is 4.74 Å². The maximum Gasteiger partial charge on any atom is 0.381 e. The van der Waals surface area contributed by atoms with Crippen LogP contribution in [0.1, 0.15) is 20.9 Å². The fourth-order valence-corrected chi connectivity index (χ4v) is 1.13. The zero-order chi connectivity index (χ0) is 12.3. The average Bonchev–Trinajstić information content (AvgIpc) is 2.98. The summed E-state index contributed by atoms with van der Waals surface area (Å²) in [6, 6.07) is 4.26. The van der Waals surface area contributed by atoms with Gasteiger partial charge in [0, 0.05) is 6.07 Å². The van der Waals surface area contributed by atoms with Crippen LogP contribution in [0.25, 0.3) is 0 Å². The lowest BCUT2D eigenvalue weighted by molar-refractivity contribution is 0.0598. The molecule has 0 aliphatic heterocycles. The van der Waals surface area contributed by atoms with E-state index in [1.54, 1.807) is 6.07 Å². The van der Waals surface area contributed by atoms with Gasteiger partial charge < -0.3 is 18.3 Å². The molecule has 0 spiro atoms. The predicted octanol–water partition coefficient (Wildman–Crippen LogP) is 1.88. The Kier molecular flexibility index (Phi) is 2.95. The van der Waals surface area contributed by atoms with E-state index in [1.165, 1.54) is 25.5 Å². The van der Waals surface area contributed by atoms with E-state index in [-0.39, 0.29) is 17.3 Å². The molecule has 2 rings (SSSR count). The number of methoxy groups -OCH3 is 1. The molecule has 0 N–H and O–H groups in total. The Labute approximate surface area is 95.7 Å². The first-order valence-electron chi connectivity index (χ1n) is 4.63. The Morgan fingerprint density at radius 1 is 1.24 bits per heavy atom. The first kappa shape index (κ1) is 11.0. The minimum Gasteiger partial charge on any atom is -0.465 e. The zero-order valence-electron chi connectivity index (χ0n) is 8.84. The third kappa shape index (κ3) is 2.36. The molecule has 0 aliphatic carbocycles. The van der Waals surface area contributed by atoms with Gasteiger partial charge in [0.25, 0.3) is 5.95 Å².